The summed E-state index contributed by atoms with van der Waals surface area (Å²) < 4.78 is 4.87. The van der Waals surface area contributed by atoms with Gasteiger partial charge in [-0.05, 0) is 38.8 Å². The standard InChI is InChI=1S/C14H21NO2/c1-4-17-14(16)6-5-9-15-13-8-7-11(2)10-12(13)3/h7-8,10,15H,4-6,9H2,1-3H3. The number of esters is 1. The van der Waals surface area contributed by atoms with E-state index in [1.807, 2.05) is 6.92 Å². The molecular formula is C14H21NO2. The van der Waals surface area contributed by atoms with Crippen LogP contribution in [0, 0.1) is 13.8 Å². The maximum Gasteiger partial charge on any atom is 0.305 e. The number of carbonyl (C=O) groups excluding carboxylic acids is 1. The number of nitrogens with one attached hydrogen (secondary N) is 1. The summed E-state index contributed by atoms with van der Waals surface area (Å²) >= 11 is 0. The maximum atomic E-state index is 11.1. The van der Waals surface area contributed by atoms with Crippen molar-refractivity contribution in [2.24, 2.45) is 0 Å². The molecule has 3 nitrogen and oxygen atoms in total. The molecule has 0 spiro atoms. The molecule has 0 aliphatic rings. The molecule has 1 rings (SSSR count). The molecule has 0 heterocycles. The van der Waals surface area contributed by atoms with Crippen molar-refractivity contribution in [3.05, 3.63) is 29.3 Å². The zero-order valence-electron chi connectivity index (χ0n) is 10.9. The van der Waals surface area contributed by atoms with Gasteiger partial charge in [-0.3, -0.25) is 4.79 Å². The van der Waals surface area contributed by atoms with E-state index in [0.29, 0.717) is 13.0 Å². The number of anilines is 1. The molecule has 0 bridgehead atoms. The predicted molar refractivity (Wildman–Crippen MR) is 70.3 cm³/mol. The van der Waals surface area contributed by atoms with Gasteiger partial charge >= 0.3 is 5.97 Å². The Kier molecular flexibility index (Phi) is 5.53. The van der Waals surface area contributed by atoms with E-state index in [1.165, 1.54) is 11.1 Å². The lowest BCUT2D eigenvalue weighted by Gasteiger charge is -2.09. The van der Waals surface area contributed by atoms with E-state index in [2.05, 4.69) is 37.4 Å². The summed E-state index contributed by atoms with van der Waals surface area (Å²) in [6.45, 7) is 7.25. The van der Waals surface area contributed by atoms with Crippen LogP contribution in [0.15, 0.2) is 18.2 Å². The Balaban J connectivity index is 2.29. The molecule has 0 aliphatic carbocycles. The van der Waals surface area contributed by atoms with Crippen molar-refractivity contribution in [3.63, 3.8) is 0 Å². The minimum atomic E-state index is -0.116. The smallest absolute Gasteiger partial charge is 0.305 e. The van der Waals surface area contributed by atoms with E-state index in [1.54, 1.807) is 0 Å². The van der Waals surface area contributed by atoms with Gasteiger partial charge in [0.05, 0.1) is 6.61 Å². The lowest BCUT2D eigenvalue weighted by molar-refractivity contribution is -0.143. The number of benzene rings is 1. The first kappa shape index (κ1) is 13.6. The lowest BCUT2D eigenvalue weighted by Crippen LogP contribution is -2.08. The van der Waals surface area contributed by atoms with Gasteiger partial charge in [-0.15, -0.1) is 0 Å². The molecule has 1 N–H and O–H groups in total. The summed E-state index contributed by atoms with van der Waals surface area (Å²) in [5, 5.41) is 3.33. The van der Waals surface area contributed by atoms with Gasteiger partial charge in [-0.2, -0.15) is 0 Å². The van der Waals surface area contributed by atoms with Crippen LogP contribution >= 0.6 is 0 Å². The second-order valence-electron chi connectivity index (χ2n) is 4.15. The monoisotopic (exact) mass is 235 g/mol. The Morgan fingerprint density at radius 2 is 2.12 bits per heavy atom. The number of hydrogen-bond donors (Lipinski definition) is 1. The van der Waals surface area contributed by atoms with Crippen LogP contribution in [0.25, 0.3) is 0 Å². The van der Waals surface area contributed by atoms with Gasteiger partial charge < -0.3 is 10.1 Å². The summed E-state index contributed by atoms with van der Waals surface area (Å²) in [6.07, 6.45) is 1.28. The summed E-state index contributed by atoms with van der Waals surface area (Å²) in [5.74, 6) is -0.116. The van der Waals surface area contributed by atoms with Crippen molar-refractivity contribution < 1.29 is 9.53 Å². The molecule has 1 aromatic carbocycles. The molecular weight excluding hydrogens is 214 g/mol. The fraction of sp³-hybridized carbons (Fsp3) is 0.500. The van der Waals surface area contributed by atoms with E-state index in [-0.39, 0.29) is 5.97 Å². The summed E-state index contributed by atoms with van der Waals surface area (Å²) in [4.78, 5) is 11.1. The van der Waals surface area contributed by atoms with Crippen LogP contribution in [0.2, 0.25) is 0 Å². The molecule has 0 atom stereocenters. The number of ether oxygens (including phenoxy) is 1. The van der Waals surface area contributed by atoms with Crippen molar-refractivity contribution in [2.75, 3.05) is 18.5 Å². The van der Waals surface area contributed by atoms with Crippen molar-refractivity contribution in [1.29, 1.82) is 0 Å². The van der Waals surface area contributed by atoms with Crippen molar-refractivity contribution >= 4 is 11.7 Å². The molecule has 94 valence electrons. The fourth-order valence-corrected chi connectivity index (χ4v) is 1.70. The molecule has 0 saturated heterocycles. The number of hydrogen-bond acceptors (Lipinski definition) is 3. The zero-order chi connectivity index (χ0) is 12.7. The van der Waals surface area contributed by atoms with Crippen LogP contribution in [0.3, 0.4) is 0 Å². The van der Waals surface area contributed by atoms with Gasteiger partial charge in [0.1, 0.15) is 0 Å². The Bertz CT molecular complexity index is 374. The first-order valence-corrected chi connectivity index (χ1v) is 6.10. The molecule has 17 heavy (non-hydrogen) atoms. The van der Waals surface area contributed by atoms with E-state index in [4.69, 9.17) is 4.74 Å². The van der Waals surface area contributed by atoms with E-state index < -0.39 is 0 Å². The SMILES string of the molecule is CCOC(=O)CCCNc1ccc(C)cc1C. The second-order valence-corrected chi connectivity index (χ2v) is 4.15. The predicted octanol–water partition coefficient (Wildman–Crippen LogP) is 3.06. The molecule has 0 unspecified atom stereocenters. The Morgan fingerprint density at radius 1 is 1.35 bits per heavy atom. The molecule has 0 amide bonds. The van der Waals surface area contributed by atoms with Crippen LogP contribution in [-0.4, -0.2) is 19.1 Å². The van der Waals surface area contributed by atoms with Crippen LogP contribution in [0.4, 0.5) is 5.69 Å². The summed E-state index contributed by atoms with van der Waals surface area (Å²) in [7, 11) is 0. The number of carbonyl (C=O) groups is 1. The third kappa shape index (κ3) is 4.89. The van der Waals surface area contributed by atoms with Crippen molar-refractivity contribution in [2.45, 2.75) is 33.6 Å². The largest absolute Gasteiger partial charge is 0.466 e. The highest BCUT2D eigenvalue weighted by atomic mass is 16.5. The summed E-state index contributed by atoms with van der Waals surface area (Å²) in [6, 6.07) is 6.31. The van der Waals surface area contributed by atoms with Gasteiger partial charge in [-0.25, -0.2) is 0 Å². The average Bonchev–Trinajstić information content (AvgIpc) is 2.27. The van der Waals surface area contributed by atoms with Gasteiger partial charge in [0.25, 0.3) is 0 Å². The molecule has 0 fully saturated rings. The van der Waals surface area contributed by atoms with Crippen molar-refractivity contribution in [3.8, 4) is 0 Å². The molecule has 1 aromatic rings. The van der Waals surface area contributed by atoms with Gasteiger partial charge in [0, 0.05) is 18.7 Å². The van der Waals surface area contributed by atoms with E-state index in [0.717, 1.165) is 18.7 Å². The summed E-state index contributed by atoms with van der Waals surface area (Å²) in [5.41, 5.74) is 3.64. The van der Waals surface area contributed by atoms with Crippen molar-refractivity contribution in [1.82, 2.24) is 0 Å². The minimum absolute atomic E-state index is 0.116. The average molecular weight is 235 g/mol. The van der Waals surface area contributed by atoms with Gasteiger partial charge in [0.15, 0.2) is 0 Å². The first-order valence-electron chi connectivity index (χ1n) is 6.10. The Labute approximate surface area is 103 Å². The molecule has 0 saturated carbocycles. The quantitative estimate of drug-likeness (QED) is 0.608. The lowest BCUT2D eigenvalue weighted by atomic mass is 10.1. The molecule has 0 radical (unpaired) electrons. The topological polar surface area (TPSA) is 38.3 Å². The highest BCUT2D eigenvalue weighted by molar-refractivity contribution is 5.69. The molecule has 3 heteroatoms. The third-order valence-corrected chi connectivity index (χ3v) is 2.56. The van der Waals surface area contributed by atoms with Crippen LogP contribution in [0.1, 0.15) is 30.9 Å². The van der Waals surface area contributed by atoms with E-state index in [9.17, 15) is 4.79 Å². The Morgan fingerprint density at radius 3 is 2.76 bits per heavy atom. The Hall–Kier alpha value is -1.51. The van der Waals surface area contributed by atoms with E-state index >= 15 is 0 Å². The highest BCUT2D eigenvalue weighted by Gasteiger charge is 2.01. The zero-order valence-corrected chi connectivity index (χ0v) is 10.9. The number of aryl methyl sites for hydroxylation is 2. The number of rotatable bonds is 6. The minimum Gasteiger partial charge on any atom is -0.466 e. The van der Waals surface area contributed by atoms with Gasteiger partial charge in [-0.1, -0.05) is 17.7 Å². The third-order valence-electron chi connectivity index (χ3n) is 2.56. The second kappa shape index (κ2) is 6.94. The van der Waals surface area contributed by atoms with Crippen LogP contribution in [0.5, 0.6) is 0 Å². The van der Waals surface area contributed by atoms with Crippen LogP contribution in [-0.2, 0) is 9.53 Å². The molecule has 0 aromatic heterocycles. The van der Waals surface area contributed by atoms with Crippen LogP contribution < -0.4 is 5.32 Å². The highest BCUT2D eigenvalue weighted by Crippen LogP contribution is 2.15. The van der Waals surface area contributed by atoms with Gasteiger partial charge in [0.2, 0.25) is 0 Å². The fourth-order valence-electron chi connectivity index (χ4n) is 1.70. The first-order chi connectivity index (χ1) is 8.13. The normalized spacial score (nSPS) is 10.1. The maximum absolute atomic E-state index is 11.1. The molecule has 0 aliphatic heterocycles.